The molecule has 2 N–H and O–H groups in total. The first kappa shape index (κ1) is 15.6. The molecule has 3 nitrogen and oxygen atoms in total. The van der Waals surface area contributed by atoms with Crippen LogP contribution in [0.3, 0.4) is 0 Å². The summed E-state index contributed by atoms with van der Waals surface area (Å²) in [5.74, 6) is 3.06. The lowest BCUT2D eigenvalue weighted by molar-refractivity contribution is 0.156. The molecule has 0 amide bonds. The molecule has 1 atom stereocenters. The minimum atomic E-state index is -0.153. The van der Waals surface area contributed by atoms with Gasteiger partial charge < -0.3 is 14.8 Å². The molecular formula is C14H25NO2S. The zero-order valence-electron chi connectivity index (χ0n) is 11.6. The van der Waals surface area contributed by atoms with Gasteiger partial charge >= 0.3 is 0 Å². The first-order valence-corrected chi connectivity index (χ1v) is 7.70. The van der Waals surface area contributed by atoms with Gasteiger partial charge in [-0.05, 0) is 37.7 Å². The summed E-state index contributed by atoms with van der Waals surface area (Å²) in [4.78, 5) is 0. The zero-order chi connectivity index (χ0) is 13.4. The van der Waals surface area contributed by atoms with E-state index in [1.807, 2.05) is 23.9 Å². The molecule has 0 aliphatic heterocycles. The van der Waals surface area contributed by atoms with Gasteiger partial charge in [0.2, 0.25) is 0 Å². The van der Waals surface area contributed by atoms with Crippen molar-refractivity contribution in [2.45, 2.75) is 50.9 Å². The highest BCUT2D eigenvalue weighted by Crippen LogP contribution is 2.18. The Morgan fingerprint density at radius 3 is 2.83 bits per heavy atom. The summed E-state index contributed by atoms with van der Waals surface area (Å²) in [6.07, 6.45) is 3.81. The Kier molecular flexibility index (Phi) is 6.82. The quantitative estimate of drug-likeness (QED) is 0.678. The van der Waals surface area contributed by atoms with Crippen LogP contribution in [0.1, 0.15) is 39.4 Å². The van der Waals surface area contributed by atoms with Crippen LogP contribution in [0.5, 0.6) is 0 Å². The molecule has 4 heteroatoms. The Morgan fingerprint density at radius 2 is 2.28 bits per heavy atom. The number of hydrogen-bond acceptors (Lipinski definition) is 4. The summed E-state index contributed by atoms with van der Waals surface area (Å²) >= 11 is 1.88. The normalized spacial score (nSPS) is 14.9. The lowest BCUT2D eigenvalue weighted by atomic mass is 9.96. The molecule has 1 aromatic rings. The van der Waals surface area contributed by atoms with Crippen molar-refractivity contribution in [1.82, 2.24) is 5.32 Å². The molecule has 0 aliphatic carbocycles. The molecule has 0 saturated heterocycles. The van der Waals surface area contributed by atoms with E-state index in [4.69, 9.17) is 4.42 Å². The maximum atomic E-state index is 9.46. The lowest BCUT2D eigenvalue weighted by Gasteiger charge is -2.31. The van der Waals surface area contributed by atoms with Crippen molar-refractivity contribution in [3.8, 4) is 0 Å². The number of hydrogen-bond donors (Lipinski definition) is 2. The third kappa shape index (κ3) is 5.94. The van der Waals surface area contributed by atoms with E-state index in [9.17, 15) is 5.11 Å². The number of rotatable bonds is 9. The van der Waals surface area contributed by atoms with Crippen molar-refractivity contribution in [3.63, 3.8) is 0 Å². The van der Waals surface area contributed by atoms with E-state index in [1.54, 1.807) is 6.26 Å². The summed E-state index contributed by atoms with van der Waals surface area (Å²) in [5, 5.41) is 12.9. The van der Waals surface area contributed by atoms with E-state index >= 15 is 0 Å². The zero-order valence-corrected chi connectivity index (χ0v) is 12.4. The van der Waals surface area contributed by atoms with Gasteiger partial charge in [0, 0.05) is 11.6 Å². The third-order valence-corrected chi connectivity index (χ3v) is 3.89. The summed E-state index contributed by atoms with van der Waals surface area (Å²) in [7, 11) is 0. The fourth-order valence-electron chi connectivity index (χ4n) is 2.03. The fraction of sp³-hybridized carbons (Fsp3) is 0.714. The van der Waals surface area contributed by atoms with E-state index in [1.165, 1.54) is 0 Å². The van der Waals surface area contributed by atoms with Crippen LogP contribution in [0.15, 0.2) is 22.8 Å². The van der Waals surface area contributed by atoms with Crippen LogP contribution < -0.4 is 5.32 Å². The van der Waals surface area contributed by atoms with Crippen molar-refractivity contribution < 1.29 is 9.52 Å². The first-order valence-electron chi connectivity index (χ1n) is 6.54. The maximum absolute atomic E-state index is 9.46. The monoisotopic (exact) mass is 271 g/mol. The average Bonchev–Trinajstić information content (AvgIpc) is 2.80. The van der Waals surface area contributed by atoms with Crippen molar-refractivity contribution in [1.29, 1.82) is 0 Å². The van der Waals surface area contributed by atoms with Gasteiger partial charge in [0.05, 0.1) is 18.6 Å². The fourth-order valence-corrected chi connectivity index (χ4v) is 2.88. The highest BCUT2D eigenvalue weighted by Gasteiger charge is 2.22. The second kappa shape index (κ2) is 7.87. The second-order valence-corrected chi connectivity index (χ2v) is 6.36. The number of thioether (sulfide) groups is 1. The summed E-state index contributed by atoms with van der Waals surface area (Å²) < 4.78 is 5.28. The minimum absolute atomic E-state index is 0.153. The molecule has 104 valence electrons. The molecule has 0 fully saturated rings. The molecule has 0 radical (unpaired) electrons. The van der Waals surface area contributed by atoms with E-state index in [2.05, 4.69) is 26.1 Å². The Labute approximate surface area is 114 Å². The average molecular weight is 271 g/mol. The van der Waals surface area contributed by atoms with Gasteiger partial charge in [-0.1, -0.05) is 13.8 Å². The smallest absolute Gasteiger partial charge is 0.113 e. The maximum Gasteiger partial charge on any atom is 0.113 e. The highest BCUT2D eigenvalue weighted by atomic mass is 32.2. The number of aliphatic hydroxyl groups excluding tert-OH is 1. The van der Waals surface area contributed by atoms with Crippen LogP contribution in [0.25, 0.3) is 0 Å². The molecule has 18 heavy (non-hydrogen) atoms. The topological polar surface area (TPSA) is 45.4 Å². The molecule has 0 saturated carbocycles. The largest absolute Gasteiger partial charge is 0.468 e. The summed E-state index contributed by atoms with van der Waals surface area (Å²) in [6.45, 7) is 6.50. The molecule has 1 rings (SSSR count). The number of aliphatic hydroxyl groups is 1. The Balaban J connectivity index is 2.15. The van der Waals surface area contributed by atoms with Crippen molar-refractivity contribution in [2.24, 2.45) is 0 Å². The van der Waals surface area contributed by atoms with Crippen LogP contribution in [-0.2, 0) is 5.75 Å². The molecule has 0 aromatic carbocycles. The van der Waals surface area contributed by atoms with E-state index in [-0.39, 0.29) is 12.1 Å². The molecular weight excluding hydrogens is 246 g/mol. The molecule has 0 aliphatic rings. The Hall–Kier alpha value is -0.450. The highest BCUT2D eigenvalue weighted by molar-refractivity contribution is 7.98. The number of furan rings is 1. The molecule has 1 aromatic heterocycles. The van der Waals surface area contributed by atoms with Gasteiger partial charge in [-0.2, -0.15) is 11.8 Å². The van der Waals surface area contributed by atoms with Crippen LogP contribution in [-0.4, -0.2) is 29.0 Å². The van der Waals surface area contributed by atoms with Crippen LogP contribution in [0, 0.1) is 0 Å². The van der Waals surface area contributed by atoms with Crippen LogP contribution in [0.2, 0.25) is 0 Å². The third-order valence-electron chi connectivity index (χ3n) is 2.83. The second-order valence-electron chi connectivity index (χ2n) is 5.25. The Morgan fingerprint density at radius 1 is 1.50 bits per heavy atom. The van der Waals surface area contributed by atoms with Gasteiger partial charge in [-0.3, -0.25) is 0 Å². The van der Waals surface area contributed by atoms with Gasteiger partial charge in [-0.25, -0.2) is 0 Å². The van der Waals surface area contributed by atoms with Gasteiger partial charge in [0.25, 0.3) is 0 Å². The molecule has 0 bridgehead atoms. The predicted molar refractivity (Wildman–Crippen MR) is 77.9 cm³/mol. The van der Waals surface area contributed by atoms with E-state index in [0.717, 1.165) is 30.1 Å². The SMILES string of the molecule is CC(C)NC(C)(CO)CCCSCc1ccco1. The molecule has 1 unspecified atom stereocenters. The number of nitrogens with one attached hydrogen (secondary N) is 1. The molecule has 1 heterocycles. The molecule has 0 spiro atoms. The predicted octanol–water partition coefficient (Wildman–Crippen LogP) is 3.04. The van der Waals surface area contributed by atoms with Crippen molar-refractivity contribution in [2.75, 3.05) is 12.4 Å². The summed E-state index contributed by atoms with van der Waals surface area (Å²) in [5.41, 5.74) is -0.153. The lowest BCUT2D eigenvalue weighted by Crippen LogP contribution is -2.49. The van der Waals surface area contributed by atoms with Crippen LogP contribution >= 0.6 is 11.8 Å². The van der Waals surface area contributed by atoms with E-state index in [0.29, 0.717) is 6.04 Å². The first-order chi connectivity index (χ1) is 8.56. The van der Waals surface area contributed by atoms with Crippen molar-refractivity contribution >= 4 is 11.8 Å². The minimum Gasteiger partial charge on any atom is -0.468 e. The van der Waals surface area contributed by atoms with Crippen LogP contribution in [0.4, 0.5) is 0 Å². The van der Waals surface area contributed by atoms with Gasteiger partial charge in [0.1, 0.15) is 5.76 Å². The van der Waals surface area contributed by atoms with Gasteiger partial charge in [0.15, 0.2) is 0 Å². The summed E-state index contributed by atoms with van der Waals surface area (Å²) in [6, 6.07) is 4.33. The Bertz CT molecular complexity index is 314. The standard InChI is InChI=1S/C14H25NO2S/c1-12(2)15-14(3,11-16)7-5-9-18-10-13-6-4-8-17-13/h4,6,8,12,15-16H,5,7,9-11H2,1-3H3. The van der Waals surface area contributed by atoms with E-state index < -0.39 is 0 Å². The van der Waals surface area contributed by atoms with Gasteiger partial charge in [-0.15, -0.1) is 0 Å². The van der Waals surface area contributed by atoms with Crippen molar-refractivity contribution in [3.05, 3.63) is 24.2 Å².